The molecule has 8 nitrogen and oxygen atoms in total. The lowest BCUT2D eigenvalue weighted by Crippen LogP contribution is -2.54. The van der Waals surface area contributed by atoms with Gasteiger partial charge in [0.25, 0.3) is 5.91 Å². The number of alkyl halides is 3. The van der Waals surface area contributed by atoms with E-state index in [1.165, 1.54) is 24.4 Å². The number of carbonyl (C=O) groups is 2. The fourth-order valence-corrected chi connectivity index (χ4v) is 4.06. The SMILES string of the molecule is CNC(=O)c1csc2c(C(F)(F)F)cc(N3CC(OC(=O)N(C)C(C)CC#N)C3)nc12. The molecule has 31 heavy (non-hydrogen) atoms. The summed E-state index contributed by atoms with van der Waals surface area (Å²) in [6.07, 6.45) is -5.58. The van der Waals surface area contributed by atoms with Gasteiger partial charge in [0.1, 0.15) is 11.9 Å². The smallest absolute Gasteiger partial charge is 0.417 e. The number of halogens is 3. The Hall–Kier alpha value is -3.07. The van der Waals surface area contributed by atoms with Crippen molar-refractivity contribution in [2.45, 2.75) is 31.7 Å². The van der Waals surface area contributed by atoms with Crippen LogP contribution in [0.25, 0.3) is 10.2 Å². The molecule has 1 fully saturated rings. The summed E-state index contributed by atoms with van der Waals surface area (Å²) >= 11 is 0.816. The van der Waals surface area contributed by atoms with Crippen molar-refractivity contribution in [1.29, 1.82) is 5.26 Å². The molecule has 1 atom stereocenters. The third kappa shape index (κ3) is 4.51. The quantitative estimate of drug-likeness (QED) is 0.743. The van der Waals surface area contributed by atoms with Gasteiger partial charge in [-0.3, -0.25) is 4.79 Å². The average molecular weight is 455 g/mol. The molecular formula is C19H20F3N5O3S. The highest BCUT2D eigenvalue weighted by Gasteiger charge is 2.38. The summed E-state index contributed by atoms with van der Waals surface area (Å²) in [4.78, 5) is 31.3. The fourth-order valence-electron chi connectivity index (χ4n) is 3.04. The van der Waals surface area contributed by atoms with Crippen LogP contribution < -0.4 is 10.2 Å². The topological polar surface area (TPSA) is 98.6 Å². The standard InChI is InChI=1S/C19H20F3N5O3S/c1-10(4-5-23)26(3)18(29)30-11-7-27(8-11)14-6-13(19(20,21)22)16-15(25-14)12(9-31-16)17(28)24-2/h6,9-11H,4,7-8H2,1-3H3,(H,24,28). The molecule has 0 saturated carbocycles. The molecule has 0 aromatic carbocycles. The van der Waals surface area contributed by atoms with Gasteiger partial charge >= 0.3 is 12.3 Å². The number of carbonyl (C=O) groups excluding carboxylic acids is 2. The van der Waals surface area contributed by atoms with Crippen LogP contribution in [0.1, 0.15) is 29.3 Å². The van der Waals surface area contributed by atoms with Gasteiger partial charge in [-0.1, -0.05) is 0 Å². The minimum absolute atomic E-state index is 0.0142. The van der Waals surface area contributed by atoms with Crippen LogP contribution in [0.15, 0.2) is 11.4 Å². The number of hydrogen-bond donors (Lipinski definition) is 1. The summed E-state index contributed by atoms with van der Waals surface area (Å²) in [6, 6.07) is 2.60. The van der Waals surface area contributed by atoms with Crippen LogP contribution in [0.2, 0.25) is 0 Å². The van der Waals surface area contributed by atoms with Crippen molar-refractivity contribution < 1.29 is 27.5 Å². The minimum Gasteiger partial charge on any atom is -0.442 e. The molecule has 3 rings (SSSR count). The highest BCUT2D eigenvalue weighted by molar-refractivity contribution is 7.17. The molecule has 1 unspecified atom stereocenters. The van der Waals surface area contributed by atoms with E-state index in [9.17, 15) is 22.8 Å². The Bertz CT molecular complexity index is 1040. The maximum absolute atomic E-state index is 13.6. The zero-order valence-electron chi connectivity index (χ0n) is 17.0. The largest absolute Gasteiger partial charge is 0.442 e. The highest BCUT2D eigenvalue weighted by Crippen LogP contribution is 2.40. The Morgan fingerprint density at radius 3 is 2.74 bits per heavy atom. The van der Waals surface area contributed by atoms with Gasteiger partial charge < -0.3 is 19.9 Å². The van der Waals surface area contributed by atoms with Gasteiger partial charge in [0.05, 0.1) is 46.9 Å². The van der Waals surface area contributed by atoms with Crippen LogP contribution in [-0.2, 0) is 10.9 Å². The number of anilines is 1. The van der Waals surface area contributed by atoms with Crippen molar-refractivity contribution >= 4 is 39.4 Å². The number of ether oxygens (including phenoxy) is 1. The normalized spacial score (nSPS) is 15.2. The molecule has 2 aromatic rings. The number of hydrogen-bond acceptors (Lipinski definition) is 7. The minimum atomic E-state index is -4.61. The number of nitrogens with one attached hydrogen (secondary N) is 1. The van der Waals surface area contributed by atoms with Crippen molar-refractivity contribution in [3.8, 4) is 6.07 Å². The van der Waals surface area contributed by atoms with Crippen molar-refractivity contribution in [2.24, 2.45) is 0 Å². The molecular weight excluding hydrogens is 435 g/mol. The summed E-state index contributed by atoms with van der Waals surface area (Å²) in [5.74, 6) is -0.462. The van der Waals surface area contributed by atoms with E-state index in [0.717, 1.165) is 17.4 Å². The lowest BCUT2D eigenvalue weighted by atomic mass is 10.1. The van der Waals surface area contributed by atoms with E-state index in [-0.39, 0.29) is 47.2 Å². The molecule has 3 heterocycles. The van der Waals surface area contributed by atoms with E-state index in [0.29, 0.717) is 0 Å². The van der Waals surface area contributed by atoms with Crippen LogP contribution in [0, 0.1) is 11.3 Å². The lowest BCUT2D eigenvalue weighted by molar-refractivity contribution is -0.136. The van der Waals surface area contributed by atoms with Crippen molar-refractivity contribution in [2.75, 3.05) is 32.1 Å². The van der Waals surface area contributed by atoms with Crippen molar-refractivity contribution in [1.82, 2.24) is 15.2 Å². The number of rotatable bonds is 5. The van der Waals surface area contributed by atoms with Crippen molar-refractivity contribution in [3.05, 3.63) is 22.6 Å². The first kappa shape index (κ1) is 22.6. The molecule has 12 heteroatoms. The molecule has 1 saturated heterocycles. The summed E-state index contributed by atoms with van der Waals surface area (Å²) in [5, 5.41) is 12.5. The van der Waals surface area contributed by atoms with Gasteiger partial charge in [-0.15, -0.1) is 11.3 Å². The van der Waals surface area contributed by atoms with Crippen LogP contribution in [0.4, 0.5) is 23.8 Å². The van der Waals surface area contributed by atoms with Crippen molar-refractivity contribution in [3.63, 3.8) is 0 Å². The number of fused-ring (bicyclic) bond motifs is 1. The number of nitriles is 1. The molecule has 2 aromatic heterocycles. The second kappa shape index (κ2) is 8.58. The number of amides is 2. The Labute approximate surface area is 180 Å². The third-order valence-corrected chi connectivity index (χ3v) is 6.06. The predicted octanol–water partition coefficient (Wildman–Crippen LogP) is 3.23. The average Bonchev–Trinajstić information content (AvgIpc) is 3.11. The van der Waals surface area contributed by atoms with Gasteiger partial charge in [-0.25, -0.2) is 9.78 Å². The molecule has 2 amide bonds. The zero-order chi connectivity index (χ0) is 22.9. The molecule has 1 aliphatic rings. The van der Waals surface area contributed by atoms with Gasteiger partial charge in [-0.2, -0.15) is 18.4 Å². The number of nitrogens with zero attached hydrogens (tertiary/aromatic N) is 4. The highest BCUT2D eigenvalue weighted by atomic mass is 32.1. The number of thiophene rings is 1. The summed E-state index contributed by atoms with van der Waals surface area (Å²) < 4.78 is 46.1. The van der Waals surface area contributed by atoms with Crippen LogP contribution in [-0.4, -0.2) is 61.2 Å². The molecule has 0 bridgehead atoms. The summed E-state index contributed by atoms with van der Waals surface area (Å²) in [7, 11) is 2.91. The molecule has 0 radical (unpaired) electrons. The molecule has 1 aliphatic heterocycles. The Balaban J connectivity index is 1.79. The maximum Gasteiger partial charge on any atom is 0.417 e. The first-order valence-electron chi connectivity index (χ1n) is 9.33. The van der Waals surface area contributed by atoms with E-state index in [1.807, 2.05) is 6.07 Å². The zero-order valence-corrected chi connectivity index (χ0v) is 17.8. The third-order valence-electron chi connectivity index (χ3n) is 5.06. The second-order valence-electron chi connectivity index (χ2n) is 7.16. The molecule has 0 aliphatic carbocycles. The van der Waals surface area contributed by atoms with Crippen LogP contribution in [0.3, 0.4) is 0 Å². The van der Waals surface area contributed by atoms with E-state index >= 15 is 0 Å². The monoisotopic (exact) mass is 455 g/mol. The van der Waals surface area contributed by atoms with E-state index < -0.39 is 29.8 Å². The molecule has 1 N–H and O–H groups in total. The maximum atomic E-state index is 13.6. The Morgan fingerprint density at radius 2 is 2.16 bits per heavy atom. The predicted molar refractivity (Wildman–Crippen MR) is 108 cm³/mol. The molecule has 166 valence electrons. The number of aromatic nitrogens is 1. The number of pyridine rings is 1. The van der Waals surface area contributed by atoms with Gasteiger partial charge in [0, 0.05) is 25.5 Å². The van der Waals surface area contributed by atoms with Crippen LogP contribution >= 0.6 is 11.3 Å². The van der Waals surface area contributed by atoms with Gasteiger partial charge in [0.15, 0.2) is 0 Å². The first-order chi connectivity index (χ1) is 14.6. The first-order valence-corrected chi connectivity index (χ1v) is 10.2. The van der Waals surface area contributed by atoms with Crippen LogP contribution in [0.5, 0.6) is 0 Å². The fraction of sp³-hybridized carbons (Fsp3) is 0.474. The van der Waals surface area contributed by atoms with E-state index in [2.05, 4.69) is 10.3 Å². The van der Waals surface area contributed by atoms with Gasteiger partial charge in [-0.05, 0) is 13.0 Å². The van der Waals surface area contributed by atoms with Gasteiger partial charge in [0.2, 0.25) is 0 Å². The summed E-state index contributed by atoms with van der Waals surface area (Å²) in [6.45, 7) is 2.04. The Kier molecular flexibility index (Phi) is 6.26. The van der Waals surface area contributed by atoms with E-state index in [1.54, 1.807) is 11.8 Å². The molecule has 0 spiro atoms. The summed E-state index contributed by atoms with van der Waals surface area (Å²) in [5.41, 5.74) is -0.802. The Morgan fingerprint density at radius 1 is 1.48 bits per heavy atom. The van der Waals surface area contributed by atoms with E-state index in [4.69, 9.17) is 10.00 Å². The lowest BCUT2D eigenvalue weighted by Gasteiger charge is -2.40. The second-order valence-corrected chi connectivity index (χ2v) is 8.04.